The first-order valence-corrected chi connectivity index (χ1v) is 30.6. The number of aryl methyl sites for hydroxylation is 1. The Morgan fingerprint density at radius 2 is 1.19 bits per heavy atom. The molecule has 1 saturated carbocycles. The number of likely N-dealkylation sites (tertiary alicyclic amines) is 1. The summed E-state index contributed by atoms with van der Waals surface area (Å²) in [6, 6.07) is -4.65. The number of rotatable bonds is 32. The number of carbonyl (C=O) groups excluding carboxylic acids is 10. The Kier molecular flexibility index (Phi) is 27.1. The molecule has 6 atom stereocenters. The number of oxazole rings is 1. The van der Waals surface area contributed by atoms with E-state index < -0.39 is 94.2 Å². The van der Waals surface area contributed by atoms with Gasteiger partial charge < -0.3 is 61.5 Å². The van der Waals surface area contributed by atoms with E-state index in [9.17, 15) is 47.9 Å². The van der Waals surface area contributed by atoms with E-state index in [-0.39, 0.29) is 67.6 Å². The average molecular weight is 1180 g/mol. The monoisotopic (exact) mass is 1180 g/mol. The van der Waals surface area contributed by atoms with E-state index in [2.05, 4.69) is 52.4 Å². The van der Waals surface area contributed by atoms with Gasteiger partial charge in [0.15, 0.2) is 11.6 Å². The molecule has 0 aromatic carbocycles. The van der Waals surface area contributed by atoms with Gasteiger partial charge in [0.2, 0.25) is 53.7 Å². The van der Waals surface area contributed by atoms with Gasteiger partial charge in [-0.25, -0.2) is 4.98 Å². The molecule has 0 bridgehead atoms. The Labute approximate surface area is 498 Å². The summed E-state index contributed by atoms with van der Waals surface area (Å²) in [5.41, 5.74) is -4.61. The predicted octanol–water partition coefficient (Wildman–Crippen LogP) is 3.35. The van der Waals surface area contributed by atoms with Crippen LogP contribution < -0.4 is 42.5 Å². The van der Waals surface area contributed by atoms with Crippen LogP contribution in [0.15, 0.2) is 10.7 Å². The lowest BCUT2D eigenvalue weighted by Gasteiger charge is -2.38. The molecule has 10 amide bonds. The maximum Gasteiger partial charge on any atom is 0.277 e. The molecule has 2 aliphatic heterocycles. The molecule has 0 spiro atoms. The molecular weight excluding hydrogens is 1080 g/mol. The highest BCUT2D eigenvalue weighted by Gasteiger charge is 2.43. The van der Waals surface area contributed by atoms with Gasteiger partial charge in [-0.05, 0) is 117 Å². The normalized spacial score (nSPS) is 18.2. The second-order valence-electron chi connectivity index (χ2n) is 26.3. The molecule has 4 rings (SSSR count). The summed E-state index contributed by atoms with van der Waals surface area (Å²) < 4.78 is 10.7. The molecule has 1 aromatic rings. The van der Waals surface area contributed by atoms with Gasteiger partial charge in [-0.3, -0.25) is 52.8 Å². The lowest BCUT2D eigenvalue weighted by Crippen LogP contribution is -2.65. The fourth-order valence-corrected chi connectivity index (χ4v) is 11.0. The van der Waals surface area contributed by atoms with Crippen molar-refractivity contribution in [2.24, 2.45) is 23.7 Å². The van der Waals surface area contributed by atoms with Crippen molar-refractivity contribution in [2.45, 2.75) is 233 Å². The molecule has 474 valence electrons. The van der Waals surface area contributed by atoms with Crippen molar-refractivity contribution < 1.29 is 57.1 Å². The Balaban J connectivity index is 1.42. The maximum absolute atomic E-state index is 14.7. The summed E-state index contributed by atoms with van der Waals surface area (Å²) in [5.74, 6) is -4.90. The largest absolute Gasteiger partial charge is 0.448 e. The number of hydrogen-bond acceptors (Lipinski definition) is 14. The SMILES string of the molecule is Cc1nc(C(=O)N2CCC[C@H]2N(C=O)[C@@H](CCC2CCCCC2)C(=O)N[C@@H](CC(C)C)C(=O)NC(C)(C)C(=O)N[C@@H](CC(C)C)C(=O)N[C@@H](CC(C)C)C(=O)NC(C)(C)C(=O)NC(C)(C)C(=O)NCCC(=O)N[C@@H](C)CN2CCOCC2)co1. The van der Waals surface area contributed by atoms with Crippen molar-refractivity contribution in [2.75, 3.05) is 45.9 Å². The number of carbonyl (C=O) groups is 10. The lowest BCUT2D eigenvalue weighted by atomic mass is 9.85. The van der Waals surface area contributed by atoms with Crippen LogP contribution in [0, 0.1) is 30.6 Å². The third kappa shape index (κ3) is 22.0. The summed E-state index contributed by atoms with van der Waals surface area (Å²) in [4.78, 5) is 148. The van der Waals surface area contributed by atoms with Gasteiger partial charge in [0.1, 0.15) is 53.2 Å². The molecular formula is C60H102N12O12. The van der Waals surface area contributed by atoms with E-state index in [1.807, 2.05) is 48.5 Å². The van der Waals surface area contributed by atoms with E-state index in [4.69, 9.17) is 9.15 Å². The van der Waals surface area contributed by atoms with Crippen LogP contribution in [0.2, 0.25) is 0 Å². The first-order chi connectivity index (χ1) is 39.3. The summed E-state index contributed by atoms with van der Waals surface area (Å²) in [7, 11) is 0. The van der Waals surface area contributed by atoms with Gasteiger partial charge >= 0.3 is 0 Å². The van der Waals surface area contributed by atoms with Gasteiger partial charge in [-0.2, -0.15) is 0 Å². The van der Waals surface area contributed by atoms with E-state index in [0.29, 0.717) is 70.2 Å². The first kappa shape index (κ1) is 70.3. The number of nitrogens with zero attached hydrogens (tertiary/aromatic N) is 4. The number of amides is 10. The zero-order valence-corrected chi connectivity index (χ0v) is 52.8. The van der Waals surface area contributed by atoms with E-state index in [1.165, 1.54) is 57.6 Å². The molecule has 3 fully saturated rings. The zero-order valence-electron chi connectivity index (χ0n) is 52.8. The highest BCUT2D eigenvalue weighted by Crippen LogP contribution is 2.31. The average Bonchev–Trinajstić information content (AvgIpc) is 2.77. The minimum Gasteiger partial charge on any atom is -0.448 e. The summed E-state index contributed by atoms with van der Waals surface area (Å²) >= 11 is 0. The Bertz CT molecular complexity index is 2390. The van der Waals surface area contributed by atoms with Crippen LogP contribution in [-0.4, -0.2) is 178 Å². The molecule has 84 heavy (non-hydrogen) atoms. The van der Waals surface area contributed by atoms with Crippen LogP contribution >= 0.6 is 0 Å². The molecule has 0 radical (unpaired) electrons. The molecule has 3 aliphatic rings. The number of nitrogens with one attached hydrogen (secondary N) is 8. The van der Waals surface area contributed by atoms with Crippen molar-refractivity contribution in [1.29, 1.82) is 0 Å². The van der Waals surface area contributed by atoms with Gasteiger partial charge in [-0.15, -0.1) is 0 Å². The topological polar surface area (TPSA) is 312 Å². The summed E-state index contributed by atoms with van der Waals surface area (Å²) in [5, 5.41) is 22.4. The smallest absolute Gasteiger partial charge is 0.277 e. The van der Waals surface area contributed by atoms with Crippen LogP contribution in [0.5, 0.6) is 0 Å². The number of hydrogen-bond donors (Lipinski definition) is 8. The summed E-state index contributed by atoms with van der Waals surface area (Å²) in [6.45, 7) is 27.6. The third-order valence-corrected chi connectivity index (χ3v) is 15.7. The van der Waals surface area contributed by atoms with E-state index >= 15 is 0 Å². The van der Waals surface area contributed by atoms with Crippen LogP contribution in [0.25, 0.3) is 0 Å². The zero-order chi connectivity index (χ0) is 62.7. The van der Waals surface area contributed by atoms with Crippen molar-refractivity contribution in [3.63, 3.8) is 0 Å². The minimum atomic E-state index is -1.65. The molecule has 1 aliphatic carbocycles. The Morgan fingerprint density at radius 3 is 1.73 bits per heavy atom. The number of morpholine rings is 1. The molecule has 2 saturated heterocycles. The minimum absolute atomic E-state index is 0.0227. The highest BCUT2D eigenvalue weighted by molar-refractivity contribution is 6.00. The second kappa shape index (κ2) is 32.4. The van der Waals surface area contributed by atoms with Crippen LogP contribution in [0.1, 0.15) is 190 Å². The number of ether oxygens (including phenoxy) is 1. The second-order valence-corrected chi connectivity index (χ2v) is 26.3. The van der Waals surface area contributed by atoms with Crippen LogP contribution in [0.3, 0.4) is 0 Å². The quantitative estimate of drug-likeness (QED) is 0.0480. The third-order valence-electron chi connectivity index (χ3n) is 15.7. The molecule has 24 heteroatoms. The lowest BCUT2D eigenvalue weighted by molar-refractivity contribution is -0.141. The van der Waals surface area contributed by atoms with Gasteiger partial charge in [-0.1, -0.05) is 73.6 Å². The maximum atomic E-state index is 14.7. The molecule has 0 unspecified atom stereocenters. The molecule has 24 nitrogen and oxygen atoms in total. The number of aromatic nitrogens is 1. The molecule has 1 aromatic heterocycles. The van der Waals surface area contributed by atoms with Gasteiger partial charge in [0, 0.05) is 52.1 Å². The fraction of sp³-hybridized carbons (Fsp3) is 0.783. The molecule has 8 N–H and O–H groups in total. The van der Waals surface area contributed by atoms with E-state index in [1.54, 1.807) is 6.92 Å². The summed E-state index contributed by atoms with van der Waals surface area (Å²) in [6.07, 6.45) is 8.88. The predicted molar refractivity (Wildman–Crippen MR) is 316 cm³/mol. The Morgan fingerprint density at radius 1 is 0.655 bits per heavy atom. The van der Waals surface area contributed by atoms with Crippen molar-refractivity contribution >= 4 is 59.6 Å². The van der Waals surface area contributed by atoms with Gasteiger partial charge in [0.05, 0.1) is 13.2 Å². The molecule has 3 heterocycles. The van der Waals surface area contributed by atoms with Crippen molar-refractivity contribution in [3.05, 3.63) is 17.8 Å². The van der Waals surface area contributed by atoms with Crippen molar-refractivity contribution in [3.8, 4) is 0 Å². The Hall–Kier alpha value is -6.17. The van der Waals surface area contributed by atoms with Gasteiger partial charge in [0.25, 0.3) is 5.91 Å². The first-order valence-electron chi connectivity index (χ1n) is 30.6. The van der Waals surface area contributed by atoms with E-state index in [0.717, 1.165) is 45.2 Å². The highest BCUT2D eigenvalue weighted by atomic mass is 16.5. The fourth-order valence-electron chi connectivity index (χ4n) is 11.0. The van der Waals surface area contributed by atoms with Crippen molar-refractivity contribution in [1.82, 2.24) is 62.2 Å². The van der Waals surface area contributed by atoms with Crippen LogP contribution in [-0.2, 0) is 47.9 Å². The standard InChI is InChI=1S/C60H102N12O12/c1-37(2)31-43(50(75)64-44(32-38(3)4)51(76)68-60(13,14)57(82)69-58(9,10)55(80)61-25-24-48(74)62-40(7)34-70-27-29-83-30-28-70)66-56(81)59(11,12)67-52(77)45(33-39(5)6)65-53(78)47(23-22-42-19-16-15-17-20-42)72(36-73)49-21-18-26-71(49)54(79)46-35-84-41(8)63-46/h35-40,42-45,47,49H,15-34H2,1-14H3,(H,61,80)(H,62,74)(H,64,75)(H,65,78)(H,66,81)(H,67,77)(H,68,76)(H,69,82)/t40-,43-,44-,45-,47-,49+/m0/s1. The van der Waals surface area contributed by atoms with Crippen LogP contribution in [0.4, 0.5) is 0 Å².